The van der Waals surface area contributed by atoms with Crippen molar-refractivity contribution in [2.45, 2.75) is 77.6 Å². The van der Waals surface area contributed by atoms with Crippen LogP contribution in [0.1, 0.15) is 60.6 Å². The summed E-state index contributed by atoms with van der Waals surface area (Å²) >= 11 is 6.82. The van der Waals surface area contributed by atoms with Gasteiger partial charge in [-0.15, -0.1) is 11.6 Å². The second-order valence-corrected chi connectivity index (χ2v) is 12.7. The van der Waals surface area contributed by atoms with E-state index in [4.69, 9.17) is 36.1 Å². The number of nitrogen functional groups attached to an aromatic ring is 1. The Morgan fingerprint density at radius 3 is 2.74 bits per heavy atom. The molecular weight excluding hydrogens is 539 g/mol. The van der Waals surface area contributed by atoms with Gasteiger partial charge in [0.05, 0.1) is 42.5 Å². The zero-order chi connectivity index (χ0) is 28.3. The predicted molar refractivity (Wildman–Crippen MR) is 142 cm³/mol. The number of carbonyl (C=O) groups excluding carboxylic acids is 1. The first-order valence-corrected chi connectivity index (χ1v) is 14.6. The normalized spacial score (nSPS) is 24.2. The lowest BCUT2D eigenvalue weighted by Crippen LogP contribution is -2.35. The SMILES string of the molecule is CCOc1nc(N)nc2c1ncn2[C@@H]1O[C@H](COP(=O)(O)NC(COC(=O)C(C)C)CC(C)C)C[C@@]1(C)Cl. The molecule has 1 saturated heterocycles. The number of fused-ring (bicyclic) bond motifs is 1. The number of nitrogens with zero attached hydrogens (tertiary/aromatic N) is 4. The zero-order valence-electron chi connectivity index (χ0n) is 22.6. The molecule has 2 aromatic rings. The number of nitrogens with one attached hydrogen (secondary N) is 1. The fourth-order valence-electron chi connectivity index (χ4n) is 4.22. The van der Waals surface area contributed by atoms with E-state index in [9.17, 15) is 14.3 Å². The molecular formula is C23H38ClN6O7P. The molecule has 38 heavy (non-hydrogen) atoms. The van der Waals surface area contributed by atoms with Gasteiger partial charge in [-0.05, 0) is 32.6 Å². The molecule has 5 atom stereocenters. The molecule has 0 spiro atoms. The molecule has 1 fully saturated rings. The van der Waals surface area contributed by atoms with Crippen molar-refractivity contribution in [3.8, 4) is 5.88 Å². The van der Waals surface area contributed by atoms with E-state index >= 15 is 0 Å². The highest BCUT2D eigenvalue weighted by Crippen LogP contribution is 2.46. The molecule has 2 unspecified atom stereocenters. The maximum atomic E-state index is 12.9. The summed E-state index contributed by atoms with van der Waals surface area (Å²) in [4.78, 5) is 34.2. The maximum Gasteiger partial charge on any atom is 0.403 e. The quantitative estimate of drug-likeness (QED) is 0.180. The summed E-state index contributed by atoms with van der Waals surface area (Å²) in [5.41, 5.74) is 6.67. The standard InChI is InChI=1S/C23H38ClN6O7P/c1-7-34-19-17-18(27-22(25)28-19)30(12-26-17)21-23(6,24)9-16(37-21)11-36-38(32,33)29-15(8-13(2)3)10-35-20(31)14(4)5/h12-16,21H,7-11H2,1-6H3,(H2,25,27,28)(H2,29,32,33)/t15?,16-,21+,23+/m0/s1. The van der Waals surface area contributed by atoms with Crippen molar-refractivity contribution in [3.05, 3.63) is 6.33 Å². The second-order valence-electron chi connectivity index (χ2n) is 10.3. The van der Waals surface area contributed by atoms with Gasteiger partial charge in [0.25, 0.3) is 0 Å². The first-order valence-electron chi connectivity index (χ1n) is 12.6. The van der Waals surface area contributed by atoms with E-state index in [1.165, 1.54) is 6.33 Å². The lowest BCUT2D eigenvalue weighted by molar-refractivity contribution is -0.148. The number of ether oxygens (including phenoxy) is 3. The van der Waals surface area contributed by atoms with Gasteiger partial charge in [-0.3, -0.25) is 13.9 Å². The van der Waals surface area contributed by atoms with E-state index in [2.05, 4.69) is 20.0 Å². The van der Waals surface area contributed by atoms with Crippen LogP contribution in [0.2, 0.25) is 0 Å². The molecule has 3 rings (SSSR count). The van der Waals surface area contributed by atoms with Crippen LogP contribution in [0, 0.1) is 11.8 Å². The minimum atomic E-state index is -4.26. The third-order valence-corrected chi connectivity index (χ3v) is 7.37. The Morgan fingerprint density at radius 2 is 2.11 bits per heavy atom. The van der Waals surface area contributed by atoms with Crippen LogP contribution in [0.3, 0.4) is 0 Å². The summed E-state index contributed by atoms with van der Waals surface area (Å²) in [6, 6.07) is -0.564. The van der Waals surface area contributed by atoms with Crippen LogP contribution < -0.4 is 15.6 Å². The van der Waals surface area contributed by atoms with Crippen LogP contribution in [-0.4, -0.2) is 67.2 Å². The van der Waals surface area contributed by atoms with Crippen molar-refractivity contribution in [2.75, 3.05) is 25.6 Å². The van der Waals surface area contributed by atoms with Crippen LogP contribution in [0.15, 0.2) is 6.33 Å². The van der Waals surface area contributed by atoms with E-state index in [-0.39, 0.29) is 42.8 Å². The first-order chi connectivity index (χ1) is 17.7. The third-order valence-electron chi connectivity index (χ3n) is 5.84. The minimum Gasteiger partial charge on any atom is -0.476 e. The molecule has 15 heteroatoms. The molecule has 4 N–H and O–H groups in total. The zero-order valence-corrected chi connectivity index (χ0v) is 24.2. The Labute approximate surface area is 227 Å². The summed E-state index contributed by atoms with van der Waals surface area (Å²) in [6.45, 7) is 11.1. The molecule has 0 bridgehead atoms. The van der Waals surface area contributed by atoms with E-state index in [1.54, 1.807) is 25.3 Å². The number of imidazole rings is 1. The molecule has 0 amide bonds. The smallest absolute Gasteiger partial charge is 0.403 e. The molecule has 0 aromatic carbocycles. The monoisotopic (exact) mass is 576 g/mol. The van der Waals surface area contributed by atoms with Crippen molar-refractivity contribution >= 4 is 42.4 Å². The Kier molecular flexibility index (Phi) is 9.99. The number of rotatable bonds is 13. The van der Waals surface area contributed by atoms with E-state index < -0.39 is 31.0 Å². The van der Waals surface area contributed by atoms with Crippen LogP contribution >= 0.6 is 19.3 Å². The summed E-state index contributed by atoms with van der Waals surface area (Å²) in [7, 11) is -4.26. The summed E-state index contributed by atoms with van der Waals surface area (Å²) in [5.74, 6) is -0.226. The van der Waals surface area contributed by atoms with Gasteiger partial charge in [0.15, 0.2) is 17.4 Å². The Morgan fingerprint density at radius 1 is 1.39 bits per heavy atom. The Hall–Kier alpha value is -2.02. The van der Waals surface area contributed by atoms with Crippen LogP contribution in [0.5, 0.6) is 5.88 Å². The number of alkyl halides is 1. The fraction of sp³-hybridized carbons (Fsp3) is 0.739. The van der Waals surface area contributed by atoms with Gasteiger partial charge >= 0.3 is 13.7 Å². The van der Waals surface area contributed by atoms with Crippen molar-refractivity contribution in [3.63, 3.8) is 0 Å². The van der Waals surface area contributed by atoms with E-state index in [0.29, 0.717) is 30.6 Å². The van der Waals surface area contributed by atoms with Gasteiger partial charge in [-0.2, -0.15) is 9.97 Å². The molecule has 13 nitrogen and oxygen atoms in total. The molecule has 1 aliphatic heterocycles. The maximum absolute atomic E-state index is 12.9. The Bertz CT molecular complexity index is 1160. The highest BCUT2D eigenvalue weighted by Gasteiger charge is 2.46. The Balaban J connectivity index is 1.68. The van der Waals surface area contributed by atoms with Crippen molar-refractivity contribution in [2.24, 2.45) is 11.8 Å². The largest absolute Gasteiger partial charge is 0.476 e. The summed E-state index contributed by atoms with van der Waals surface area (Å²) in [5, 5.41) is 2.61. The number of hydrogen-bond donors (Lipinski definition) is 3. The van der Waals surface area contributed by atoms with Crippen LogP contribution in [0.25, 0.3) is 11.2 Å². The summed E-state index contributed by atoms with van der Waals surface area (Å²) < 4.78 is 36.8. The second kappa shape index (κ2) is 12.4. The van der Waals surface area contributed by atoms with Crippen LogP contribution in [0.4, 0.5) is 5.95 Å². The van der Waals surface area contributed by atoms with Gasteiger partial charge in [-0.1, -0.05) is 27.7 Å². The van der Waals surface area contributed by atoms with Gasteiger partial charge in [-0.25, -0.2) is 14.6 Å². The number of aromatic nitrogens is 4. The lowest BCUT2D eigenvalue weighted by Gasteiger charge is -2.24. The van der Waals surface area contributed by atoms with E-state index in [1.807, 2.05) is 20.8 Å². The highest BCUT2D eigenvalue weighted by molar-refractivity contribution is 7.50. The number of halogens is 1. The fourth-order valence-corrected chi connectivity index (χ4v) is 5.63. The molecule has 0 aliphatic carbocycles. The number of hydrogen-bond acceptors (Lipinski definition) is 10. The van der Waals surface area contributed by atoms with Crippen molar-refractivity contribution in [1.82, 2.24) is 24.6 Å². The molecule has 0 radical (unpaired) electrons. The number of carbonyl (C=O) groups is 1. The van der Waals surface area contributed by atoms with Crippen LogP contribution in [-0.2, 0) is 23.4 Å². The third kappa shape index (κ3) is 7.77. The lowest BCUT2D eigenvalue weighted by atomic mass is 10.1. The number of esters is 1. The molecule has 214 valence electrons. The molecule has 1 aliphatic rings. The van der Waals surface area contributed by atoms with Gasteiger partial charge in [0.1, 0.15) is 6.61 Å². The van der Waals surface area contributed by atoms with E-state index in [0.717, 1.165) is 0 Å². The molecule has 0 saturated carbocycles. The predicted octanol–water partition coefficient (Wildman–Crippen LogP) is 3.41. The average molecular weight is 577 g/mol. The number of anilines is 1. The topological polar surface area (TPSA) is 173 Å². The molecule has 2 aromatic heterocycles. The first kappa shape index (κ1) is 30.5. The van der Waals surface area contributed by atoms with Gasteiger partial charge in [0, 0.05) is 0 Å². The van der Waals surface area contributed by atoms with Gasteiger partial charge in [0.2, 0.25) is 11.8 Å². The van der Waals surface area contributed by atoms with Crippen molar-refractivity contribution in [1.29, 1.82) is 0 Å². The average Bonchev–Trinajstić information content (AvgIpc) is 3.34. The summed E-state index contributed by atoms with van der Waals surface area (Å²) in [6.07, 6.45) is 1.02. The number of nitrogens with two attached hydrogens (primary N) is 1. The van der Waals surface area contributed by atoms with Crippen molar-refractivity contribution < 1.29 is 33.0 Å². The molecule has 3 heterocycles. The van der Waals surface area contributed by atoms with Gasteiger partial charge < -0.3 is 24.8 Å². The minimum absolute atomic E-state index is 0.0131. The highest BCUT2D eigenvalue weighted by atomic mass is 35.5.